The van der Waals surface area contributed by atoms with E-state index in [0.717, 1.165) is 21.9 Å². The number of hydrazone groups is 1. The molecule has 0 aliphatic heterocycles. The first-order valence-corrected chi connectivity index (χ1v) is 8.64. The number of benzene rings is 3. The lowest BCUT2D eigenvalue weighted by molar-refractivity contribution is -0.385. The van der Waals surface area contributed by atoms with E-state index in [1.165, 1.54) is 12.1 Å². The van der Waals surface area contributed by atoms with E-state index in [4.69, 9.17) is 4.74 Å². The lowest BCUT2D eigenvalue weighted by atomic mass is 10.0. The van der Waals surface area contributed by atoms with Crippen molar-refractivity contribution in [1.82, 2.24) is 5.43 Å². The number of aryl methyl sites for hydroxylation is 1. The maximum atomic E-state index is 12.0. The summed E-state index contributed by atoms with van der Waals surface area (Å²) in [5, 5.41) is 17.4. The van der Waals surface area contributed by atoms with Crippen molar-refractivity contribution in [1.29, 1.82) is 0 Å². The summed E-state index contributed by atoms with van der Waals surface area (Å²) in [6.07, 6.45) is 0. The first kappa shape index (κ1) is 19.0. The summed E-state index contributed by atoms with van der Waals surface area (Å²) in [4.78, 5) is 22.5. The molecule has 0 aliphatic carbocycles. The molecule has 3 aromatic rings. The zero-order valence-corrected chi connectivity index (χ0v) is 15.5. The number of nitro groups is 1. The second kappa shape index (κ2) is 8.30. The zero-order valence-electron chi connectivity index (χ0n) is 15.5. The third kappa shape index (κ3) is 4.50. The van der Waals surface area contributed by atoms with Crippen molar-refractivity contribution in [2.75, 3.05) is 6.61 Å². The van der Waals surface area contributed by atoms with Crippen LogP contribution in [0.5, 0.6) is 5.75 Å². The third-order valence-corrected chi connectivity index (χ3v) is 4.19. The van der Waals surface area contributed by atoms with Gasteiger partial charge in [0.15, 0.2) is 12.4 Å². The van der Waals surface area contributed by atoms with Crippen LogP contribution in [0.1, 0.15) is 18.1 Å². The van der Waals surface area contributed by atoms with Crippen LogP contribution >= 0.6 is 0 Å². The summed E-state index contributed by atoms with van der Waals surface area (Å²) in [6, 6.07) is 18.4. The maximum absolute atomic E-state index is 12.0. The van der Waals surface area contributed by atoms with E-state index in [-0.39, 0.29) is 18.0 Å². The van der Waals surface area contributed by atoms with Gasteiger partial charge in [0.1, 0.15) is 0 Å². The number of carbonyl (C=O) groups is 1. The minimum Gasteiger partial charge on any atom is -0.477 e. The van der Waals surface area contributed by atoms with Gasteiger partial charge < -0.3 is 4.74 Å². The van der Waals surface area contributed by atoms with E-state index in [1.54, 1.807) is 19.9 Å². The Labute approximate surface area is 161 Å². The van der Waals surface area contributed by atoms with Crippen molar-refractivity contribution in [3.05, 3.63) is 81.9 Å². The van der Waals surface area contributed by atoms with Crippen LogP contribution in [0.25, 0.3) is 10.8 Å². The molecule has 142 valence electrons. The molecule has 0 spiro atoms. The summed E-state index contributed by atoms with van der Waals surface area (Å²) in [5.74, 6) is -0.462. The monoisotopic (exact) mass is 377 g/mol. The van der Waals surface area contributed by atoms with Gasteiger partial charge in [-0.05, 0) is 47.9 Å². The number of nitrogens with zero attached hydrogens (tertiary/aromatic N) is 2. The molecule has 0 fully saturated rings. The molecule has 0 radical (unpaired) electrons. The minimum atomic E-state index is -0.539. The lowest BCUT2D eigenvalue weighted by Gasteiger charge is -2.07. The number of hydrogen-bond donors (Lipinski definition) is 1. The highest BCUT2D eigenvalue weighted by atomic mass is 16.6. The molecule has 3 aromatic carbocycles. The molecule has 0 heterocycles. The third-order valence-electron chi connectivity index (χ3n) is 4.19. The van der Waals surface area contributed by atoms with Gasteiger partial charge in [-0.3, -0.25) is 14.9 Å². The maximum Gasteiger partial charge on any atom is 0.311 e. The Morgan fingerprint density at radius 2 is 1.86 bits per heavy atom. The second-order valence-electron chi connectivity index (χ2n) is 6.31. The molecule has 0 saturated heterocycles. The van der Waals surface area contributed by atoms with Crippen LogP contribution < -0.4 is 10.2 Å². The molecule has 0 aromatic heterocycles. The summed E-state index contributed by atoms with van der Waals surface area (Å²) in [6.45, 7) is 3.15. The number of carbonyl (C=O) groups excluding carboxylic acids is 1. The van der Waals surface area contributed by atoms with Crippen molar-refractivity contribution >= 4 is 28.1 Å². The van der Waals surface area contributed by atoms with Crippen molar-refractivity contribution in [3.8, 4) is 5.75 Å². The molecule has 0 atom stereocenters. The van der Waals surface area contributed by atoms with Gasteiger partial charge in [0, 0.05) is 6.07 Å². The van der Waals surface area contributed by atoms with Crippen LogP contribution in [0.15, 0.2) is 65.8 Å². The van der Waals surface area contributed by atoms with E-state index in [1.807, 2.05) is 42.5 Å². The standard InChI is InChI=1S/C21H19N3O4/c1-14-7-10-20(19(11-14)24(26)27)28-13-21(25)23-22-15(2)17-9-8-16-5-3-4-6-18(16)12-17/h3-12H,13H2,1-2H3,(H,23,25)/b22-15-. The van der Waals surface area contributed by atoms with E-state index in [2.05, 4.69) is 10.5 Å². The molecule has 7 heteroatoms. The highest BCUT2D eigenvalue weighted by molar-refractivity contribution is 6.02. The Morgan fingerprint density at radius 3 is 2.61 bits per heavy atom. The van der Waals surface area contributed by atoms with E-state index < -0.39 is 10.8 Å². The van der Waals surface area contributed by atoms with Gasteiger partial charge in [-0.2, -0.15) is 5.10 Å². The number of amides is 1. The fraction of sp³-hybridized carbons (Fsp3) is 0.143. The van der Waals surface area contributed by atoms with Gasteiger partial charge in [0.05, 0.1) is 10.6 Å². The van der Waals surface area contributed by atoms with Gasteiger partial charge in [0.25, 0.3) is 5.91 Å². The second-order valence-corrected chi connectivity index (χ2v) is 6.31. The van der Waals surface area contributed by atoms with Crippen molar-refractivity contribution in [2.45, 2.75) is 13.8 Å². The molecule has 0 bridgehead atoms. The summed E-state index contributed by atoms with van der Waals surface area (Å²) in [7, 11) is 0. The quantitative estimate of drug-likeness (QED) is 0.399. The number of ether oxygens (including phenoxy) is 1. The molecule has 3 rings (SSSR count). The number of fused-ring (bicyclic) bond motifs is 1. The first-order chi connectivity index (χ1) is 13.4. The topological polar surface area (TPSA) is 93.8 Å². The van der Waals surface area contributed by atoms with E-state index in [0.29, 0.717) is 5.71 Å². The van der Waals surface area contributed by atoms with Crippen LogP contribution in [-0.4, -0.2) is 23.1 Å². The highest BCUT2D eigenvalue weighted by Gasteiger charge is 2.16. The number of rotatable bonds is 6. The van der Waals surface area contributed by atoms with Gasteiger partial charge in [-0.15, -0.1) is 0 Å². The van der Waals surface area contributed by atoms with Gasteiger partial charge in [-0.1, -0.05) is 42.5 Å². The Morgan fingerprint density at radius 1 is 1.11 bits per heavy atom. The largest absolute Gasteiger partial charge is 0.477 e. The number of hydrogen-bond acceptors (Lipinski definition) is 5. The molecule has 1 N–H and O–H groups in total. The Hall–Kier alpha value is -3.74. The fourth-order valence-corrected chi connectivity index (χ4v) is 2.69. The number of nitro benzene ring substituents is 1. The van der Waals surface area contributed by atoms with Crippen LogP contribution in [0.3, 0.4) is 0 Å². The number of nitrogens with one attached hydrogen (secondary N) is 1. The van der Waals surface area contributed by atoms with Crippen LogP contribution in [0.2, 0.25) is 0 Å². The first-order valence-electron chi connectivity index (χ1n) is 8.64. The molecule has 0 aliphatic rings. The molecule has 0 saturated carbocycles. The highest BCUT2D eigenvalue weighted by Crippen LogP contribution is 2.27. The minimum absolute atomic E-state index is 0.0426. The average Bonchev–Trinajstić information content (AvgIpc) is 2.70. The summed E-state index contributed by atoms with van der Waals surface area (Å²) < 4.78 is 5.29. The Balaban J connectivity index is 1.64. The van der Waals surface area contributed by atoms with Crippen LogP contribution in [0, 0.1) is 17.0 Å². The molecule has 1 amide bonds. The predicted octanol–water partition coefficient (Wildman–Crippen LogP) is 3.98. The lowest BCUT2D eigenvalue weighted by Crippen LogP contribution is -2.25. The van der Waals surface area contributed by atoms with Crippen LogP contribution in [0.4, 0.5) is 5.69 Å². The van der Waals surface area contributed by atoms with Gasteiger partial charge >= 0.3 is 5.69 Å². The Bertz CT molecular complexity index is 1080. The summed E-state index contributed by atoms with van der Waals surface area (Å²) in [5.41, 5.74) is 4.49. The molecular weight excluding hydrogens is 358 g/mol. The van der Waals surface area contributed by atoms with E-state index in [9.17, 15) is 14.9 Å². The molecule has 0 unspecified atom stereocenters. The fourth-order valence-electron chi connectivity index (χ4n) is 2.69. The van der Waals surface area contributed by atoms with Gasteiger partial charge in [0.2, 0.25) is 0 Å². The normalized spacial score (nSPS) is 11.3. The SMILES string of the molecule is C/C(=N/NC(=O)COc1ccc(C)cc1[N+](=O)[O-])c1ccc2ccccc2c1. The van der Waals surface area contributed by atoms with Crippen LogP contribution in [-0.2, 0) is 4.79 Å². The van der Waals surface area contributed by atoms with Crippen molar-refractivity contribution < 1.29 is 14.5 Å². The van der Waals surface area contributed by atoms with Crippen molar-refractivity contribution in [2.24, 2.45) is 5.10 Å². The zero-order chi connectivity index (χ0) is 20.1. The van der Waals surface area contributed by atoms with Crippen molar-refractivity contribution in [3.63, 3.8) is 0 Å². The molecular formula is C21H19N3O4. The summed E-state index contributed by atoms with van der Waals surface area (Å²) >= 11 is 0. The van der Waals surface area contributed by atoms with E-state index >= 15 is 0 Å². The molecule has 28 heavy (non-hydrogen) atoms. The predicted molar refractivity (Wildman–Crippen MR) is 108 cm³/mol. The average molecular weight is 377 g/mol. The smallest absolute Gasteiger partial charge is 0.311 e. The Kier molecular flexibility index (Phi) is 5.64. The molecule has 7 nitrogen and oxygen atoms in total. The van der Waals surface area contributed by atoms with Gasteiger partial charge in [-0.25, -0.2) is 5.43 Å².